The van der Waals surface area contributed by atoms with Crippen LogP contribution in [0.3, 0.4) is 0 Å². The molecule has 1 N–H and O–H groups in total. The van der Waals surface area contributed by atoms with Crippen LogP contribution in [-0.2, 0) is 10.3 Å². The number of anilines is 2. The number of rotatable bonds is 5. The molecule has 1 aromatic heterocycles. The number of benzene rings is 1. The van der Waals surface area contributed by atoms with E-state index in [1.165, 1.54) is 5.56 Å². The molecule has 1 aliphatic heterocycles. The largest absolute Gasteiger partial charge is 0.481 e. The van der Waals surface area contributed by atoms with Gasteiger partial charge in [0.15, 0.2) is 0 Å². The quantitative estimate of drug-likeness (QED) is 0.588. The van der Waals surface area contributed by atoms with Gasteiger partial charge in [-0.05, 0) is 80.4 Å². The average Bonchev–Trinajstić information content (AvgIpc) is 2.81. The zero-order valence-corrected chi connectivity index (χ0v) is 22.1. The summed E-state index contributed by atoms with van der Waals surface area (Å²) in [5.74, 6) is 0.175. The van der Waals surface area contributed by atoms with Gasteiger partial charge < -0.3 is 14.9 Å². The Balaban J connectivity index is 1.25. The SMILES string of the molecule is Cc1ccc(Cl)cc1N1CCN(c2cnn(C34C[C@@H]5C[C@H](CC(CC(=O)O)(C5)C3)C4)c(=O)c2Cl)CC1. The summed E-state index contributed by atoms with van der Waals surface area (Å²) in [6.07, 6.45) is 7.48. The summed E-state index contributed by atoms with van der Waals surface area (Å²) in [5.41, 5.74) is 2.13. The van der Waals surface area contributed by atoms with Crippen molar-refractivity contribution in [1.82, 2.24) is 9.78 Å². The molecule has 0 amide bonds. The highest BCUT2D eigenvalue weighted by Crippen LogP contribution is 2.65. The second kappa shape index (κ2) is 8.66. The van der Waals surface area contributed by atoms with Crippen LogP contribution in [0.15, 0.2) is 29.2 Å². The molecule has 1 saturated heterocycles. The number of aromatic nitrogens is 2. The summed E-state index contributed by atoms with van der Waals surface area (Å²) in [7, 11) is 0. The van der Waals surface area contributed by atoms with Crippen LogP contribution in [0.4, 0.5) is 11.4 Å². The number of aryl methyl sites for hydroxylation is 1. The summed E-state index contributed by atoms with van der Waals surface area (Å²) in [4.78, 5) is 29.8. The monoisotopic (exact) mass is 530 g/mol. The molecule has 0 spiro atoms. The highest BCUT2D eigenvalue weighted by Gasteiger charge is 2.59. The van der Waals surface area contributed by atoms with E-state index >= 15 is 0 Å². The molecule has 7 nitrogen and oxygen atoms in total. The first-order valence-corrected chi connectivity index (χ1v) is 13.7. The fourth-order valence-electron chi connectivity index (χ4n) is 8.27. The molecule has 4 saturated carbocycles. The number of aliphatic carboxylic acids is 1. The van der Waals surface area contributed by atoms with Crippen LogP contribution < -0.4 is 15.4 Å². The van der Waals surface area contributed by atoms with Gasteiger partial charge in [0.05, 0.1) is 23.8 Å². The molecule has 36 heavy (non-hydrogen) atoms. The van der Waals surface area contributed by atoms with Crippen molar-refractivity contribution in [3.63, 3.8) is 0 Å². The van der Waals surface area contributed by atoms with Crippen molar-refractivity contribution >= 4 is 40.5 Å². The molecule has 4 bridgehead atoms. The Morgan fingerprint density at radius 2 is 1.69 bits per heavy atom. The Bertz CT molecular complexity index is 1260. The maximum Gasteiger partial charge on any atom is 0.303 e. The summed E-state index contributed by atoms with van der Waals surface area (Å²) >= 11 is 13.0. The van der Waals surface area contributed by atoms with Gasteiger partial charge in [-0.15, -0.1) is 0 Å². The standard InChI is InChI=1S/C27H32Cl2N4O3/c1-17-2-3-20(28)9-21(17)31-4-6-32(7-5-31)22-15-30-33(25(36)24(22)29)27-12-18-8-19(13-27)11-26(10-18,16-27)14-23(34)35/h2-3,9,15,18-19H,4-8,10-14,16H2,1H3,(H,34,35)/t18-,19-,26?,27?/m1/s1. The van der Waals surface area contributed by atoms with Crippen LogP contribution in [-0.4, -0.2) is 47.0 Å². The van der Waals surface area contributed by atoms with E-state index < -0.39 is 11.5 Å². The number of carbonyl (C=O) groups is 1. The molecular weight excluding hydrogens is 499 g/mol. The van der Waals surface area contributed by atoms with Crippen molar-refractivity contribution in [1.29, 1.82) is 0 Å². The van der Waals surface area contributed by atoms with Crippen LogP contribution in [0.5, 0.6) is 0 Å². The van der Waals surface area contributed by atoms with Gasteiger partial charge in [0.1, 0.15) is 5.02 Å². The van der Waals surface area contributed by atoms with E-state index in [0.29, 0.717) is 23.9 Å². The van der Waals surface area contributed by atoms with Crippen molar-refractivity contribution in [2.24, 2.45) is 17.3 Å². The molecular formula is C27H32Cl2N4O3. The third-order valence-electron chi connectivity index (χ3n) is 9.16. The number of halogens is 2. The number of nitrogens with zero attached hydrogens (tertiary/aromatic N) is 4. The van der Waals surface area contributed by atoms with Gasteiger partial charge >= 0.3 is 5.97 Å². The Morgan fingerprint density at radius 3 is 2.33 bits per heavy atom. The normalized spacial score (nSPS) is 31.2. The lowest BCUT2D eigenvalue weighted by Crippen LogP contribution is -2.59. The van der Waals surface area contributed by atoms with Gasteiger partial charge in [-0.25, -0.2) is 4.68 Å². The maximum atomic E-state index is 13.6. The van der Waals surface area contributed by atoms with Gasteiger partial charge in [-0.3, -0.25) is 9.59 Å². The maximum absolute atomic E-state index is 13.6. The molecule has 9 heteroatoms. The lowest BCUT2D eigenvalue weighted by atomic mass is 9.46. The Morgan fingerprint density at radius 1 is 1.06 bits per heavy atom. The van der Waals surface area contributed by atoms with E-state index in [2.05, 4.69) is 16.7 Å². The highest BCUT2D eigenvalue weighted by atomic mass is 35.5. The second-order valence-corrected chi connectivity index (χ2v) is 12.5. The molecule has 0 unspecified atom stereocenters. The minimum Gasteiger partial charge on any atom is -0.481 e. The second-order valence-electron chi connectivity index (χ2n) is 11.7. The summed E-state index contributed by atoms with van der Waals surface area (Å²) in [6.45, 7) is 5.14. The van der Waals surface area contributed by atoms with Gasteiger partial charge in [-0.2, -0.15) is 5.10 Å². The minimum atomic E-state index is -0.743. The van der Waals surface area contributed by atoms with Gasteiger partial charge in [-0.1, -0.05) is 29.3 Å². The van der Waals surface area contributed by atoms with Crippen LogP contribution in [0, 0.1) is 24.2 Å². The topological polar surface area (TPSA) is 78.7 Å². The first-order chi connectivity index (χ1) is 17.2. The molecule has 192 valence electrons. The molecule has 0 radical (unpaired) electrons. The number of carboxylic acids is 1. The minimum absolute atomic E-state index is 0.179. The molecule has 5 fully saturated rings. The zero-order valence-electron chi connectivity index (χ0n) is 20.6. The van der Waals surface area contributed by atoms with Gasteiger partial charge in [0, 0.05) is 36.9 Å². The van der Waals surface area contributed by atoms with Crippen LogP contribution in [0.1, 0.15) is 50.5 Å². The van der Waals surface area contributed by atoms with Crippen molar-refractivity contribution in [3.8, 4) is 0 Å². The smallest absolute Gasteiger partial charge is 0.303 e. The number of hydrogen-bond donors (Lipinski definition) is 1. The number of piperazine rings is 1. The third-order valence-corrected chi connectivity index (χ3v) is 9.75. The molecule has 1 aromatic carbocycles. The van der Waals surface area contributed by atoms with Crippen molar-refractivity contribution in [3.05, 3.63) is 50.4 Å². The van der Waals surface area contributed by atoms with Gasteiger partial charge in [0.2, 0.25) is 0 Å². The first-order valence-electron chi connectivity index (χ1n) is 12.9. The van der Waals surface area contributed by atoms with Crippen molar-refractivity contribution in [2.45, 2.75) is 57.4 Å². The van der Waals surface area contributed by atoms with Crippen LogP contribution in [0.2, 0.25) is 10.0 Å². The van der Waals surface area contributed by atoms with E-state index in [1.54, 1.807) is 10.9 Å². The van der Waals surface area contributed by atoms with Gasteiger partial charge in [0.25, 0.3) is 5.56 Å². The van der Waals surface area contributed by atoms with Crippen LogP contribution in [0.25, 0.3) is 0 Å². The lowest BCUT2D eigenvalue weighted by Gasteiger charge is -2.61. The molecule has 7 rings (SSSR count). The zero-order chi connectivity index (χ0) is 25.2. The van der Waals surface area contributed by atoms with E-state index in [4.69, 9.17) is 28.3 Å². The number of hydrogen-bond acceptors (Lipinski definition) is 5. The van der Waals surface area contributed by atoms with E-state index in [-0.39, 0.29) is 22.4 Å². The van der Waals surface area contributed by atoms with Crippen molar-refractivity contribution in [2.75, 3.05) is 36.0 Å². The molecule has 5 aliphatic rings. The summed E-state index contributed by atoms with van der Waals surface area (Å²) < 4.78 is 1.64. The molecule has 2 atom stereocenters. The average molecular weight is 531 g/mol. The Labute approximate surface area is 221 Å². The van der Waals surface area contributed by atoms with E-state index in [0.717, 1.165) is 69.0 Å². The third kappa shape index (κ3) is 3.99. The molecule has 4 aliphatic carbocycles. The van der Waals surface area contributed by atoms with Crippen molar-refractivity contribution < 1.29 is 9.90 Å². The molecule has 2 aromatic rings. The Hall–Kier alpha value is -2.25. The predicted molar refractivity (Wildman–Crippen MR) is 141 cm³/mol. The van der Waals surface area contributed by atoms with Crippen LogP contribution >= 0.6 is 23.2 Å². The molecule has 2 heterocycles. The first kappa shape index (κ1) is 24.1. The number of carboxylic acid groups (broad SMARTS) is 1. The predicted octanol–water partition coefficient (Wildman–Crippen LogP) is 4.96. The van der Waals surface area contributed by atoms with E-state index in [1.807, 2.05) is 18.2 Å². The fraction of sp³-hybridized carbons (Fsp3) is 0.593. The van der Waals surface area contributed by atoms with E-state index in [9.17, 15) is 14.7 Å². The lowest BCUT2D eigenvalue weighted by molar-refractivity contribution is -0.151. The highest BCUT2D eigenvalue weighted by molar-refractivity contribution is 6.33. The summed E-state index contributed by atoms with van der Waals surface area (Å²) in [6, 6.07) is 5.95. The Kier molecular flexibility index (Phi) is 5.80. The fourth-order valence-corrected chi connectivity index (χ4v) is 8.69. The summed E-state index contributed by atoms with van der Waals surface area (Å²) in [5, 5.41) is 15.3.